The minimum absolute atomic E-state index is 0.0504. The molecule has 1 aromatic rings. The molecule has 3 nitrogen and oxygen atoms in total. The molecule has 1 aromatic carbocycles. The summed E-state index contributed by atoms with van der Waals surface area (Å²) in [6.45, 7) is 0.691. The van der Waals surface area contributed by atoms with Crippen LogP contribution in [0.25, 0.3) is 0 Å². The van der Waals surface area contributed by atoms with Crippen LogP contribution in [0.4, 0.5) is 5.69 Å². The number of carbonyl (C=O) groups is 1. The Morgan fingerprint density at radius 1 is 1.53 bits per heavy atom. The first kappa shape index (κ1) is 10.6. The molecule has 0 aliphatic carbocycles. The molecule has 1 heterocycles. The molecule has 1 atom stereocenters. The van der Waals surface area contributed by atoms with Crippen LogP contribution in [0.2, 0.25) is 0 Å². The Bertz CT molecular complexity index is 361. The topological polar surface area (TPSA) is 38.3 Å². The van der Waals surface area contributed by atoms with Gasteiger partial charge in [-0.15, -0.1) is 0 Å². The van der Waals surface area contributed by atoms with Gasteiger partial charge in [0.25, 0.3) is 5.91 Å². The number of halogens is 1. The number of hydrogen-bond donors (Lipinski definition) is 1. The Hall–Kier alpha value is -0.870. The molecule has 0 bridgehead atoms. The molecule has 80 valence electrons. The smallest absolute Gasteiger partial charge is 0.253 e. The van der Waals surface area contributed by atoms with Crippen molar-refractivity contribution < 1.29 is 9.53 Å². The fourth-order valence-corrected chi connectivity index (χ4v) is 1.97. The maximum absolute atomic E-state index is 11.7. The van der Waals surface area contributed by atoms with Crippen LogP contribution in [-0.4, -0.2) is 18.6 Å². The highest BCUT2D eigenvalue weighted by atomic mass is 79.9. The van der Waals surface area contributed by atoms with Crippen molar-refractivity contribution in [1.82, 2.24) is 0 Å². The monoisotopic (exact) mass is 269 g/mol. The molecule has 0 spiro atoms. The first-order chi connectivity index (χ1) is 7.25. The van der Waals surface area contributed by atoms with E-state index in [4.69, 9.17) is 4.74 Å². The Kier molecular flexibility index (Phi) is 3.38. The Morgan fingerprint density at radius 3 is 3.07 bits per heavy atom. The van der Waals surface area contributed by atoms with Crippen LogP contribution in [0.1, 0.15) is 12.8 Å². The van der Waals surface area contributed by atoms with Crippen molar-refractivity contribution >= 4 is 27.5 Å². The van der Waals surface area contributed by atoms with Gasteiger partial charge in [0.05, 0.1) is 0 Å². The van der Waals surface area contributed by atoms with Gasteiger partial charge in [0, 0.05) is 16.8 Å². The van der Waals surface area contributed by atoms with Gasteiger partial charge in [-0.25, -0.2) is 0 Å². The molecule has 1 saturated heterocycles. The lowest BCUT2D eigenvalue weighted by Crippen LogP contribution is -2.26. The first-order valence-electron chi connectivity index (χ1n) is 4.94. The Morgan fingerprint density at radius 2 is 2.40 bits per heavy atom. The lowest BCUT2D eigenvalue weighted by molar-refractivity contribution is -0.124. The van der Waals surface area contributed by atoms with Crippen LogP contribution in [0.5, 0.6) is 0 Å². The largest absolute Gasteiger partial charge is 0.368 e. The van der Waals surface area contributed by atoms with Crippen LogP contribution in [0.15, 0.2) is 28.7 Å². The number of ether oxygens (including phenoxy) is 1. The maximum atomic E-state index is 11.7. The highest BCUT2D eigenvalue weighted by molar-refractivity contribution is 9.10. The average molecular weight is 270 g/mol. The van der Waals surface area contributed by atoms with Gasteiger partial charge in [-0.1, -0.05) is 22.0 Å². The van der Waals surface area contributed by atoms with Crippen LogP contribution in [0, 0.1) is 0 Å². The predicted molar refractivity (Wildman–Crippen MR) is 61.7 cm³/mol. The van der Waals surface area contributed by atoms with Gasteiger partial charge in [-0.2, -0.15) is 0 Å². The van der Waals surface area contributed by atoms with E-state index < -0.39 is 0 Å². The number of amides is 1. The van der Waals surface area contributed by atoms with E-state index in [1.807, 2.05) is 24.3 Å². The minimum atomic E-state index is -0.274. The molecule has 1 fully saturated rings. The predicted octanol–water partition coefficient (Wildman–Crippen LogP) is 2.57. The highest BCUT2D eigenvalue weighted by Gasteiger charge is 2.23. The van der Waals surface area contributed by atoms with Gasteiger partial charge in [-0.05, 0) is 31.0 Å². The molecule has 1 N–H and O–H groups in total. The molecule has 1 aliphatic rings. The maximum Gasteiger partial charge on any atom is 0.253 e. The van der Waals surface area contributed by atoms with Gasteiger partial charge in [0.2, 0.25) is 0 Å². The summed E-state index contributed by atoms with van der Waals surface area (Å²) in [4.78, 5) is 11.7. The number of anilines is 1. The van der Waals surface area contributed by atoms with E-state index >= 15 is 0 Å². The fraction of sp³-hybridized carbons (Fsp3) is 0.364. The third kappa shape index (κ3) is 2.79. The summed E-state index contributed by atoms with van der Waals surface area (Å²) >= 11 is 3.35. The highest BCUT2D eigenvalue weighted by Crippen LogP contribution is 2.18. The third-order valence-corrected chi connectivity index (χ3v) is 2.81. The fourth-order valence-electron chi connectivity index (χ4n) is 1.57. The summed E-state index contributed by atoms with van der Waals surface area (Å²) in [7, 11) is 0. The van der Waals surface area contributed by atoms with E-state index in [9.17, 15) is 4.79 Å². The number of nitrogens with one attached hydrogen (secondary N) is 1. The molecule has 0 aromatic heterocycles. The SMILES string of the molecule is O=C(Nc1cccc(Br)c1)[C@H]1CCCO1. The molecule has 2 rings (SSSR count). The number of rotatable bonds is 2. The van der Waals surface area contributed by atoms with E-state index in [-0.39, 0.29) is 12.0 Å². The van der Waals surface area contributed by atoms with Gasteiger partial charge >= 0.3 is 0 Å². The van der Waals surface area contributed by atoms with Crippen molar-refractivity contribution in [2.24, 2.45) is 0 Å². The molecular formula is C11H12BrNO2. The lowest BCUT2D eigenvalue weighted by atomic mass is 10.2. The Balaban J connectivity index is 1.99. The molecule has 0 saturated carbocycles. The normalized spacial score (nSPS) is 20.2. The van der Waals surface area contributed by atoms with Crippen LogP contribution < -0.4 is 5.32 Å². The number of hydrogen-bond acceptors (Lipinski definition) is 2. The third-order valence-electron chi connectivity index (χ3n) is 2.31. The molecule has 1 amide bonds. The van der Waals surface area contributed by atoms with Crippen molar-refractivity contribution in [1.29, 1.82) is 0 Å². The van der Waals surface area contributed by atoms with Crippen molar-refractivity contribution in [2.45, 2.75) is 18.9 Å². The van der Waals surface area contributed by atoms with Crippen molar-refractivity contribution in [3.8, 4) is 0 Å². The van der Waals surface area contributed by atoms with Crippen molar-refractivity contribution in [3.63, 3.8) is 0 Å². The minimum Gasteiger partial charge on any atom is -0.368 e. The molecule has 0 unspecified atom stereocenters. The van der Waals surface area contributed by atoms with Crippen molar-refractivity contribution in [3.05, 3.63) is 28.7 Å². The first-order valence-corrected chi connectivity index (χ1v) is 5.73. The summed E-state index contributed by atoms with van der Waals surface area (Å²) in [5.41, 5.74) is 0.796. The van der Waals surface area contributed by atoms with Crippen LogP contribution in [0.3, 0.4) is 0 Å². The number of carbonyl (C=O) groups excluding carboxylic acids is 1. The van der Waals surface area contributed by atoms with E-state index in [1.54, 1.807) is 0 Å². The second-order valence-electron chi connectivity index (χ2n) is 3.50. The van der Waals surface area contributed by atoms with Gasteiger partial charge < -0.3 is 10.1 Å². The molecule has 15 heavy (non-hydrogen) atoms. The standard InChI is InChI=1S/C11H12BrNO2/c12-8-3-1-4-9(7-8)13-11(14)10-5-2-6-15-10/h1,3-4,7,10H,2,5-6H2,(H,13,14)/t10-/m1/s1. The van der Waals surface area contributed by atoms with Crippen LogP contribution >= 0.6 is 15.9 Å². The summed E-state index contributed by atoms with van der Waals surface area (Å²) in [6.07, 6.45) is 1.51. The second-order valence-corrected chi connectivity index (χ2v) is 4.42. The van der Waals surface area contributed by atoms with Gasteiger partial charge in [0.15, 0.2) is 0 Å². The molecular weight excluding hydrogens is 258 g/mol. The van der Waals surface area contributed by atoms with E-state index in [2.05, 4.69) is 21.2 Å². The zero-order valence-corrected chi connectivity index (χ0v) is 9.79. The molecule has 1 aliphatic heterocycles. The van der Waals surface area contributed by atoms with Crippen molar-refractivity contribution in [2.75, 3.05) is 11.9 Å². The summed E-state index contributed by atoms with van der Waals surface area (Å²) in [5.74, 6) is -0.0504. The van der Waals surface area contributed by atoms with E-state index in [1.165, 1.54) is 0 Å². The average Bonchev–Trinajstić information content (AvgIpc) is 2.70. The second kappa shape index (κ2) is 4.77. The van der Waals surface area contributed by atoms with E-state index in [0.29, 0.717) is 6.61 Å². The zero-order valence-electron chi connectivity index (χ0n) is 8.20. The molecule has 0 radical (unpaired) electrons. The quantitative estimate of drug-likeness (QED) is 0.896. The van der Waals surface area contributed by atoms with Crippen LogP contribution in [-0.2, 0) is 9.53 Å². The summed E-state index contributed by atoms with van der Waals surface area (Å²) in [5, 5.41) is 2.83. The number of benzene rings is 1. The molecule has 4 heteroatoms. The van der Waals surface area contributed by atoms with Gasteiger partial charge in [0.1, 0.15) is 6.10 Å². The summed E-state index contributed by atoms with van der Waals surface area (Å²) < 4.78 is 6.24. The van der Waals surface area contributed by atoms with Gasteiger partial charge in [-0.3, -0.25) is 4.79 Å². The Labute approximate surface area is 96.9 Å². The summed E-state index contributed by atoms with van der Waals surface area (Å²) in [6, 6.07) is 7.53. The zero-order chi connectivity index (χ0) is 10.7. The lowest BCUT2D eigenvalue weighted by Gasteiger charge is -2.10. The van der Waals surface area contributed by atoms with E-state index in [0.717, 1.165) is 23.0 Å².